The molecule has 3 aromatic rings. The van der Waals surface area contributed by atoms with E-state index in [1.807, 2.05) is 45.0 Å². The lowest BCUT2D eigenvalue weighted by Crippen LogP contribution is -2.51. The van der Waals surface area contributed by atoms with Gasteiger partial charge >= 0.3 is 0 Å². The zero-order valence-electron chi connectivity index (χ0n) is 23.4. The largest absolute Gasteiger partial charge is 0.495 e. The van der Waals surface area contributed by atoms with Crippen LogP contribution in [0.1, 0.15) is 31.9 Å². The second-order valence-electron chi connectivity index (χ2n) is 9.97. The van der Waals surface area contributed by atoms with E-state index in [-0.39, 0.29) is 34.0 Å². The average molecular weight is 586 g/mol. The Labute approximate surface area is 241 Å². The molecule has 0 saturated heterocycles. The van der Waals surface area contributed by atoms with Crippen molar-refractivity contribution in [1.29, 1.82) is 0 Å². The van der Waals surface area contributed by atoms with Gasteiger partial charge < -0.3 is 15.0 Å². The molecule has 40 heavy (non-hydrogen) atoms. The van der Waals surface area contributed by atoms with Gasteiger partial charge in [0.2, 0.25) is 11.8 Å². The van der Waals surface area contributed by atoms with Crippen LogP contribution in [-0.2, 0) is 26.2 Å². The van der Waals surface area contributed by atoms with Gasteiger partial charge in [0.1, 0.15) is 18.3 Å². The number of methoxy groups -OCH3 is 1. The van der Waals surface area contributed by atoms with Crippen LogP contribution in [0.5, 0.6) is 5.75 Å². The number of hydrogen-bond donors (Lipinski definition) is 1. The number of anilines is 1. The van der Waals surface area contributed by atoms with Crippen molar-refractivity contribution in [1.82, 2.24) is 10.2 Å². The first-order valence-electron chi connectivity index (χ1n) is 13.0. The molecule has 0 aromatic heterocycles. The lowest BCUT2D eigenvalue weighted by atomic mass is 10.1. The highest BCUT2D eigenvalue weighted by atomic mass is 35.5. The summed E-state index contributed by atoms with van der Waals surface area (Å²) in [5, 5.41) is 3.07. The van der Waals surface area contributed by atoms with Gasteiger partial charge in [-0.25, -0.2) is 8.42 Å². The SMILES string of the molecule is COc1ccc(N(CC(=O)N(Cc2cccc(C)c2)[C@@H](C)C(=O)NCC(C)C)S(=O)(=O)c2ccccc2)cc1Cl. The minimum atomic E-state index is -4.18. The van der Waals surface area contributed by atoms with Crippen LogP contribution in [0.15, 0.2) is 77.7 Å². The summed E-state index contributed by atoms with van der Waals surface area (Å²) in [6.07, 6.45) is 0. The number of hydrogen-bond acceptors (Lipinski definition) is 5. The molecule has 0 bridgehead atoms. The highest BCUT2D eigenvalue weighted by Gasteiger charge is 2.32. The van der Waals surface area contributed by atoms with Crippen molar-refractivity contribution < 1.29 is 22.7 Å². The number of carbonyl (C=O) groups excluding carboxylic acids is 2. The third-order valence-corrected chi connectivity index (χ3v) is 8.40. The molecule has 8 nitrogen and oxygen atoms in total. The van der Waals surface area contributed by atoms with Gasteiger partial charge in [-0.15, -0.1) is 0 Å². The van der Waals surface area contributed by atoms with Gasteiger partial charge in [-0.05, 0) is 55.7 Å². The summed E-state index contributed by atoms with van der Waals surface area (Å²) in [4.78, 5) is 28.5. The second-order valence-corrected chi connectivity index (χ2v) is 12.2. The van der Waals surface area contributed by atoms with Crippen LogP contribution in [0.3, 0.4) is 0 Å². The molecule has 3 rings (SSSR count). The molecule has 0 saturated carbocycles. The van der Waals surface area contributed by atoms with Crippen LogP contribution in [0.4, 0.5) is 5.69 Å². The molecule has 0 heterocycles. The smallest absolute Gasteiger partial charge is 0.264 e. The van der Waals surface area contributed by atoms with Crippen LogP contribution < -0.4 is 14.4 Å². The Morgan fingerprint density at radius 1 is 0.975 bits per heavy atom. The molecule has 3 aromatic carbocycles. The first kappa shape index (κ1) is 31.0. The van der Waals surface area contributed by atoms with Crippen molar-refractivity contribution in [2.24, 2.45) is 5.92 Å². The normalized spacial score (nSPS) is 12.1. The predicted octanol–water partition coefficient (Wildman–Crippen LogP) is 5.04. The molecular weight excluding hydrogens is 550 g/mol. The predicted molar refractivity (Wildman–Crippen MR) is 158 cm³/mol. The third-order valence-electron chi connectivity index (χ3n) is 6.32. The Hall–Kier alpha value is -3.56. The lowest BCUT2D eigenvalue weighted by molar-refractivity contribution is -0.139. The van der Waals surface area contributed by atoms with E-state index in [2.05, 4.69) is 5.32 Å². The number of halogens is 1. The van der Waals surface area contributed by atoms with E-state index in [1.54, 1.807) is 31.2 Å². The van der Waals surface area contributed by atoms with E-state index in [9.17, 15) is 18.0 Å². The number of nitrogens with one attached hydrogen (secondary N) is 1. The summed E-state index contributed by atoms with van der Waals surface area (Å²) < 4.78 is 33.9. The molecule has 214 valence electrons. The minimum Gasteiger partial charge on any atom is -0.495 e. The molecule has 1 atom stereocenters. The fourth-order valence-electron chi connectivity index (χ4n) is 4.10. The highest BCUT2D eigenvalue weighted by molar-refractivity contribution is 7.92. The molecule has 0 fully saturated rings. The first-order chi connectivity index (χ1) is 18.9. The molecule has 0 aliphatic carbocycles. The Morgan fingerprint density at radius 2 is 1.68 bits per heavy atom. The number of nitrogens with zero attached hydrogens (tertiary/aromatic N) is 2. The number of aryl methyl sites for hydroxylation is 1. The number of sulfonamides is 1. The van der Waals surface area contributed by atoms with Crippen LogP contribution in [0.25, 0.3) is 0 Å². The van der Waals surface area contributed by atoms with Gasteiger partial charge in [0, 0.05) is 13.1 Å². The second kappa shape index (κ2) is 13.7. The first-order valence-corrected chi connectivity index (χ1v) is 14.8. The average Bonchev–Trinajstić information content (AvgIpc) is 2.93. The molecular formula is C30H36ClN3O5S. The maximum Gasteiger partial charge on any atom is 0.264 e. The number of rotatable bonds is 12. The number of benzene rings is 3. The van der Waals surface area contributed by atoms with Crippen molar-refractivity contribution in [3.05, 3.63) is 88.9 Å². The van der Waals surface area contributed by atoms with Crippen LogP contribution in [0.2, 0.25) is 5.02 Å². The van der Waals surface area contributed by atoms with E-state index >= 15 is 0 Å². The fraction of sp³-hybridized carbons (Fsp3) is 0.333. The minimum absolute atomic E-state index is 0.0164. The molecule has 0 spiro atoms. The monoisotopic (exact) mass is 585 g/mol. The molecule has 2 amide bonds. The zero-order valence-corrected chi connectivity index (χ0v) is 25.0. The number of carbonyl (C=O) groups is 2. The lowest BCUT2D eigenvalue weighted by Gasteiger charge is -2.32. The van der Waals surface area contributed by atoms with Crippen molar-refractivity contribution in [3.63, 3.8) is 0 Å². The highest BCUT2D eigenvalue weighted by Crippen LogP contribution is 2.32. The van der Waals surface area contributed by atoms with Gasteiger partial charge in [-0.3, -0.25) is 13.9 Å². The summed E-state index contributed by atoms with van der Waals surface area (Å²) in [6.45, 7) is 7.57. The van der Waals surface area contributed by atoms with Crippen molar-refractivity contribution in [3.8, 4) is 5.75 Å². The molecule has 0 radical (unpaired) electrons. The molecule has 0 aliphatic rings. The van der Waals surface area contributed by atoms with E-state index in [1.165, 1.54) is 36.3 Å². The summed E-state index contributed by atoms with van der Waals surface area (Å²) in [6, 6.07) is 19.1. The number of ether oxygens (including phenoxy) is 1. The quantitative estimate of drug-likeness (QED) is 0.321. The maximum absolute atomic E-state index is 14.0. The van der Waals surface area contributed by atoms with E-state index < -0.39 is 28.5 Å². The van der Waals surface area contributed by atoms with Crippen molar-refractivity contribution >= 4 is 39.1 Å². The van der Waals surface area contributed by atoms with Gasteiger partial charge in [-0.1, -0.05) is 73.5 Å². The van der Waals surface area contributed by atoms with Crippen molar-refractivity contribution in [2.45, 2.75) is 45.2 Å². The summed E-state index contributed by atoms with van der Waals surface area (Å²) in [7, 11) is -2.72. The van der Waals surface area contributed by atoms with Gasteiger partial charge in [0.05, 0.1) is 22.7 Å². The summed E-state index contributed by atoms with van der Waals surface area (Å²) in [5.74, 6) is -0.270. The van der Waals surface area contributed by atoms with Crippen molar-refractivity contribution in [2.75, 3.05) is 24.5 Å². The Balaban J connectivity index is 2.04. The zero-order chi connectivity index (χ0) is 29.4. The van der Waals surface area contributed by atoms with Crippen LogP contribution >= 0.6 is 11.6 Å². The van der Waals surface area contributed by atoms with Crippen LogP contribution in [-0.4, -0.2) is 51.4 Å². The van der Waals surface area contributed by atoms with Gasteiger partial charge in [0.25, 0.3) is 10.0 Å². The van der Waals surface area contributed by atoms with Gasteiger partial charge in [0.15, 0.2) is 0 Å². The fourth-order valence-corrected chi connectivity index (χ4v) is 5.78. The number of amides is 2. The molecule has 0 unspecified atom stereocenters. The Bertz CT molecular complexity index is 1430. The Kier molecular flexibility index (Phi) is 10.6. The molecule has 1 N–H and O–H groups in total. The maximum atomic E-state index is 14.0. The van der Waals surface area contributed by atoms with E-state index in [0.29, 0.717) is 12.3 Å². The van der Waals surface area contributed by atoms with Gasteiger partial charge in [-0.2, -0.15) is 0 Å². The molecule has 0 aliphatic heterocycles. The standard InChI is InChI=1S/C30H36ClN3O5S/c1-21(2)18-32-30(36)23(4)33(19-24-11-9-10-22(3)16-24)29(35)20-34(25-14-15-28(39-5)27(31)17-25)40(37,38)26-12-7-6-8-13-26/h6-17,21,23H,18-20H2,1-5H3,(H,32,36)/t23-/m0/s1. The summed E-state index contributed by atoms with van der Waals surface area (Å²) in [5.41, 5.74) is 2.01. The van der Waals surface area contributed by atoms with E-state index in [0.717, 1.165) is 15.4 Å². The molecule has 10 heteroatoms. The summed E-state index contributed by atoms with van der Waals surface area (Å²) >= 11 is 6.35. The third kappa shape index (κ3) is 7.76. The van der Waals surface area contributed by atoms with Crippen LogP contribution in [0, 0.1) is 12.8 Å². The topological polar surface area (TPSA) is 96.0 Å². The Morgan fingerprint density at radius 3 is 2.27 bits per heavy atom. The van der Waals surface area contributed by atoms with E-state index in [4.69, 9.17) is 16.3 Å².